The molecule has 0 atom stereocenters. The highest BCUT2D eigenvalue weighted by Gasteiger charge is 2.23. The average Bonchev–Trinajstić information content (AvgIpc) is 2.95. The number of amidine groups is 1. The third kappa shape index (κ3) is 4.95. The number of hydrogen-bond acceptors (Lipinski definition) is 6. The number of rotatable bonds is 5. The second-order valence-electron chi connectivity index (χ2n) is 6.67. The van der Waals surface area contributed by atoms with E-state index in [0.717, 1.165) is 30.9 Å². The van der Waals surface area contributed by atoms with Crippen LogP contribution < -0.4 is 10.2 Å². The molecule has 1 amide bonds. The Morgan fingerprint density at radius 3 is 2.54 bits per heavy atom. The number of carbonyl (C=O) groups is 2. The van der Waals surface area contributed by atoms with Gasteiger partial charge in [-0.05, 0) is 49.6 Å². The summed E-state index contributed by atoms with van der Waals surface area (Å²) in [5, 5.41) is 3.48. The molecule has 26 heavy (non-hydrogen) atoms. The number of ketones is 1. The molecule has 0 spiro atoms. The SMILES string of the molecule is CN(C)CCN=C1NC(=O)/C(=C/c2ccc(N3CCC(=O)CC3)cc2)S1. The number of nitrogens with one attached hydrogen (secondary N) is 1. The van der Waals surface area contributed by atoms with E-state index in [0.29, 0.717) is 35.2 Å². The van der Waals surface area contributed by atoms with Crippen LogP contribution in [0.4, 0.5) is 5.69 Å². The van der Waals surface area contributed by atoms with Crippen LogP contribution in [0.1, 0.15) is 18.4 Å². The highest BCUT2D eigenvalue weighted by molar-refractivity contribution is 8.18. The van der Waals surface area contributed by atoms with E-state index in [1.165, 1.54) is 11.8 Å². The number of likely N-dealkylation sites (N-methyl/N-ethyl adjacent to an activating group) is 1. The van der Waals surface area contributed by atoms with E-state index in [1.807, 2.05) is 44.4 Å². The van der Waals surface area contributed by atoms with E-state index < -0.39 is 0 Å². The Labute approximate surface area is 158 Å². The van der Waals surface area contributed by atoms with Crippen molar-refractivity contribution in [3.05, 3.63) is 34.7 Å². The molecule has 7 heteroatoms. The van der Waals surface area contributed by atoms with E-state index in [2.05, 4.69) is 20.1 Å². The molecule has 0 radical (unpaired) electrons. The van der Waals surface area contributed by atoms with E-state index >= 15 is 0 Å². The van der Waals surface area contributed by atoms with Crippen LogP contribution in [-0.2, 0) is 9.59 Å². The number of Topliss-reactive ketones (excluding diaryl/α,β-unsaturated/α-hetero) is 1. The molecule has 0 saturated carbocycles. The van der Waals surface area contributed by atoms with Crippen LogP contribution in [0.5, 0.6) is 0 Å². The van der Waals surface area contributed by atoms with E-state index in [-0.39, 0.29) is 5.91 Å². The molecule has 1 N–H and O–H groups in total. The summed E-state index contributed by atoms with van der Waals surface area (Å²) in [4.78, 5) is 32.8. The number of benzene rings is 1. The highest BCUT2D eigenvalue weighted by Crippen LogP contribution is 2.27. The predicted octanol–water partition coefficient (Wildman–Crippen LogP) is 1.98. The number of hydrogen-bond donors (Lipinski definition) is 1. The van der Waals surface area contributed by atoms with Crippen molar-refractivity contribution >= 4 is 40.4 Å². The van der Waals surface area contributed by atoms with Gasteiger partial charge in [0.2, 0.25) is 0 Å². The van der Waals surface area contributed by atoms with Crippen molar-refractivity contribution < 1.29 is 9.59 Å². The second-order valence-corrected chi connectivity index (χ2v) is 7.70. The fourth-order valence-corrected chi connectivity index (χ4v) is 3.65. The Morgan fingerprint density at radius 2 is 1.88 bits per heavy atom. The average molecular weight is 372 g/mol. The molecule has 0 bridgehead atoms. The fraction of sp³-hybridized carbons (Fsp3) is 0.421. The third-order valence-electron chi connectivity index (χ3n) is 4.33. The van der Waals surface area contributed by atoms with Crippen molar-refractivity contribution in [1.29, 1.82) is 0 Å². The largest absolute Gasteiger partial charge is 0.371 e. The molecule has 1 aromatic carbocycles. The zero-order chi connectivity index (χ0) is 18.5. The molecule has 0 unspecified atom stereocenters. The first-order valence-corrected chi connectivity index (χ1v) is 9.60. The molecule has 2 saturated heterocycles. The lowest BCUT2D eigenvalue weighted by Crippen LogP contribution is -2.33. The van der Waals surface area contributed by atoms with Gasteiger partial charge in [0.1, 0.15) is 5.78 Å². The van der Waals surface area contributed by atoms with Gasteiger partial charge in [0.05, 0.1) is 11.4 Å². The summed E-state index contributed by atoms with van der Waals surface area (Å²) >= 11 is 1.38. The van der Waals surface area contributed by atoms with Gasteiger partial charge in [0.25, 0.3) is 5.91 Å². The van der Waals surface area contributed by atoms with Crippen molar-refractivity contribution in [2.75, 3.05) is 45.2 Å². The molecule has 2 aliphatic rings. The molecule has 2 heterocycles. The van der Waals surface area contributed by atoms with Crippen LogP contribution in [0, 0.1) is 0 Å². The first-order chi connectivity index (χ1) is 12.5. The number of thioether (sulfide) groups is 1. The minimum Gasteiger partial charge on any atom is -0.371 e. The highest BCUT2D eigenvalue weighted by atomic mass is 32.2. The first kappa shape index (κ1) is 18.7. The molecule has 2 aliphatic heterocycles. The molecule has 0 aliphatic carbocycles. The summed E-state index contributed by atoms with van der Waals surface area (Å²) in [5.41, 5.74) is 2.10. The lowest BCUT2D eigenvalue weighted by Gasteiger charge is -2.28. The van der Waals surface area contributed by atoms with Crippen LogP contribution >= 0.6 is 11.8 Å². The summed E-state index contributed by atoms with van der Waals surface area (Å²) in [6.45, 7) is 3.08. The first-order valence-electron chi connectivity index (χ1n) is 8.78. The van der Waals surface area contributed by atoms with Crippen molar-refractivity contribution in [2.24, 2.45) is 4.99 Å². The molecule has 6 nitrogen and oxygen atoms in total. The Bertz CT molecular complexity index is 730. The molecule has 2 fully saturated rings. The van der Waals surface area contributed by atoms with E-state index in [9.17, 15) is 9.59 Å². The number of anilines is 1. The summed E-state index contributed by atoms with van der Waals surface area (Å²) < 4.78 is 0. The summed E-state index contributed by atoms with van der Waals surface area (Å²) in [6, 6.07) is 8.11. The second kappa shape index (κ2) is 8.51. The van der Waals surface area contributed by atoms with Crippen molar-refractivity contribution in [3.8, 4) is 0 Å². The zero-order valence-electron chi connectivity index (χ0n) is 15.2. The number of aliphatic imine (C=N–C) groups is 1. The van der Waals surface area contributed by atoms with E-state index in [4.69, 9.17) is 0 Å². The Kier molecular flexibility index (Phi) is 6.11. The quantitative estimate of drug-likeness (QED) is 0.801. The van der Waals surface area contributed by atoms with Gasteiger partial charge in [-0.1, -0.05) is 12.1 Å². The summed E-state index contributed by atoms with van der Waals surface area (Å²) in [6.07, 6.45) is 3.13. The van der Waals surface area contributed by atoms with Gasteiger partial charge in [0.15, 0.2) is 5.17 Å². The minimum atomic E-state index is -0.0998. The summed E-state index contributed by atoms with van der Waals surface area (Å²) in [5.74, 6) is 0.243. The molecular formula is C19H24N4O2S. The normalized spacial score (nSPS) is 21.1. The Balaban J connectivity index is 1.62. The maximum absolute atomic E-state index is 12.1. The Morgan fingerprint density at radius 1 is 1.19 bits per heavy atom. The minimum absolute atomic E-state index is 0.0998. The monoisotopic (exact) mass is 372 g/mol. The Hall–Kier alpha value is -2.12. The summed E-state index contributed by atoms with van der Waals surface area (Å²) in [7, 11) is 3.99. The van der Waals surface area contributed by atoms with Crippen molar-refractivity contribution in [1.82, 2.24) is 10.2 Å². The van der Waals surface area contributed by atoms with Crippen LogP contribution in [0.15, 0.2) is 34.2 Å². The lowest BCUT2D eigenvalue weighted by molar-refractivity contribution is -0.119. The number of piperidine rings is 1. The van der Waals surface area contributed by atoms with Gasteiger partial charge >= 0.3 is 0 Å². The van der Waals surface area contributed by atoms with E-state index in [1.54, 1.807) is 0 Å². The van der Waals surface area contributed by atoms with Gasteiger partial charge in [0, 0.05) is 38.2 Å². The molecule has 3 rings (SSSR count). The molecule has 1 aromatic rings. The molecular weight excluding hydrogens is 348 g/mol. The fourth-order valence-electron chi connectivity index (χ4n) is 2.80. The number of amides is 1. The predicted molar refractivity (Wildman–Crippen MR) is 107 cm³/mol. The van der Waals surface area contributed by atoms with Crippen LogP contribution in [0.3, 0.4) is 0 Å². The maximum atomic E-state index is 12.1. The van der Waals surface area contributed by atoms with Gasteiger partial charge in [-0.15, -0.1) is 0 Å². The van der Waals surface area contributed by atoms with Crippen molar-refractivity contribution in [2.45, 2.75) is 12.8 Å². The zero-order valence-corrected chi connectivity index (χ0v) is 16.0. The maximum Gasteiger partial charge on any atom is 0.264 e. The van der Waals surface area contributed by atoms with Gasteiger partial charge in [-0.2, -0.15) is 0 Å². The van der Waals surface area contributed by atoms with Gasteiger partial charge < -0.3 is 15.1 Å². The van der Waals surface area contributed by atoms with Crippen LogP contribution in [0.25, 0.3) is 6.08 Å². The smallest absolute Gasteiger partial charge is 0.264 e. The van der Waals surface area contributed by atoms with Gasteiger partial charge in [-0.3, -0.25) is 14.6 Å². The van der Waals surface area contributed by atoms with Crippen molar-refractivity contribution in [3.63, 3.8) is 0 Å². The standard InChI is InChI=1S/C19H24N4O2S/c1-22(2)12-9-20-19-21-18(25)17(26-19)13-14-3-5-15(6-4-14)23-10-7-16(24)8-11-23/h3-6,13H,7-12H2,1-2H3,(H,20,21,25)/b17-13-. The lowest BCUT2D eigenvalue weighted by atomic mass is 10.1. The topological polar surface area (TPSA) is 65.0 Å². The number of carbonyl (C=O) groups excluding carboxylic acids is 2. The molecule has 0 aromatic heterocycles. The van der Waals surface area contributed by atoms with Crippen LogP contribution in [0.2, 0.25) is 0 Å². The van der Waals surface area contributed by atoms with Gasteiger partial charge in [-0.25, -0.2) is 0 Å². The van der Waals surface area contributed by atoms with Crippen LogP contribution in [-0.4, -0.2) is 62.0 Å². The number of nitrogens with zero attached hydrogens (tertiary/aromatic N) is 3. The third-order valence-corrected chi connectivity index (χ3v) is 5.28. The molecule has 138 valence electrons.